The van der Waals surface area contributed by atoms with Gasteiger partial charge >= 0.3 is 0 Å². The molecule has 2 aromatic heterocycles. The van der Waals surface area contributed by atoms with Crippen molar-refractivity contribution < 1.29 is 9.66 Å². The first kappa shape index (κ1) is 21.3. The van der Waals surface area contributed by atoms with E-state index >= 15 is 0 Å². The second kappa shape index (κ2) is 8.78. The molecule has 0 aliphatic carbocycles. The zero-order valence-corrected chi connectivity index (χ0v) is 18.4. The highest BCUT2D eigenvalue weighted by Crippen LogP contribution is 2.28. The van der Waals surface area contributed by atoms with Crippen molar-refractivity contribution in [2.45, 2.75) is 19.9 Å². The Balaban J connectivity index is 1.54. The number of nitro groups is 1. The first-order valence-electron chi connectivity index (χ1n) is 10.9. The van der Waals surface area contributed by atoms with E-state index in [1.165, 1.54) is 12.1 Å². The van der Waals surface area contributed by atoms with E-state index in [2.05, 4.69) is 9.97 Å². The number of rotatable bonds is 7. The number of para-hydroxylation sites is 1. The van der Waals surface area contributed by atoms with Crippen LogP contribution in [0.1, 0.15) is 18.9 Å². The van der Waals surface area contributed by atoms with Crippen LogP contribution in [0.5, 0.6) is 5.75 Å². The zero-order valence-electron chi connectivity index (χ0n) is 18.4. The Labute approximate surface area is 193 Å². The average Bonchev–Trinajstić information content (AvgIpc) is 3.23. The summed E-state index contributed by atoms with van der Waals surface area (Å²) >= 11 is 0. The summed E-state index contributed by atoms with van der Waals surface area (Å²) in [7, 11) is 0. The number of hydrogen-bond acceptors (Lipinski definition) is 6. The number of aromatic nitrogens is 4. The third-order valence-corrected chi connectivity index (χ3v) is 5.55. The fourth-order valence-electron chi connectivity index (χ4n) is 3.86. The fourth-order valence-corrected chi connectivity index (χ4v) is 3.86. The SMILES string of the molecule is CCCOc1ccccc1-c1nc2cc3ncn(Cc4ccc([N+](=O)[O-])cc4)c3cc2c(=O)[nH]1. The maximum absolute atomic E-state index is 13.0. The molecule has 0 bridgehead atoms. The normalized spacial score (nSPS) is 11.2. The van der Waals surface area contributed by atoms with Gasteiger partial charge < -0.3 is 14.3 Å². The molecule has 170 valence electrons. The molecular weight excluding hydrogens is 434 g/mol. The topological polar surface area (TPSA) is 116 Å². The van der Waals surface area contributed by atoms with Crippen LogP contribution in [-0.4, -0.2) is 31.0 Å². The molecule has 0 aliphatic heterocycles. The van der Waals surface area contributed by atoms with Crippen molar-refractivity contribution in [1.29, 1.82) is 0 Å². The van der Waals surface area contributed by atoms with Gasteiger partial charge in [-0.2, -0.15) is 0 Å². The van der Waals surface area contributed by atoms with Crippen molar-refractivity contribution in [3.63, 3.8) is 0 Å². The number of aromatic amines is 1. The number of imidazole rings is 1. The third kappa shape index (κ3) is 3.99. The predicted molar refractivity (Wildman–Crippen MR) is 129 cm³/mol. The largest absolute Gasteiger partial charge is 0.493 e. The molecule has 9 heteroatoms. The van der Waals surface area contributed by atoms with E-state index in [1.807, 2.05) is 35.8 Å². The number of nitro benzene ring substituents is 1. The van der Waals surface area contributed by atoms with Crippen molar-refractivity contribution in [3.8, 4) is 17.1 Å². The first-order valence-corrected chi connectivity index (χ1v) is 10.9. The minimum Gasteiger partial charge on any atom is -0.493 e. The molecule has 1 N–H and O–H groups in total. The predicted octanol–water partition coefficient (Wildman–Crippen LogP) is 4.69. The second-order valence-corrected chi connectivity index (χ2v) is 7.91. The van der Waals surface area contributed by atoms with Crippen molar-refractivity contribution in [2.24, 2.45) is 0 Å². The molecule has 34 heavy (non-hydrogen) atoms. The average molecular weight is 455 g/mol. The van der Waals surface area contributed by atoms with Crippen LogP contribution in [0.2, 0.25) is 0 Å². The van der Waals surface area contributed by atoms with Gasteiger partial charge in [-0.05, 0) is 36.2 Å². The molecule has 0 spiro atoms. The lowest BCUT2D eigenvalue weighted by molar-refractivity contribution is -0.384. The summed E-state index contributed by atoms with van der Waals surface area (Å²) in [6.45, 7) is 3.07. The number of ether oxygens (including phenoxy) is 1. The van der Waals surface area contributed by atoms with Crippen LogP contribution in [0.3, 0.4) is 0 Å². The molecule has 0 fully saturated rings. The molecule has 5 aromatic rings. The molecule has 0 saturated heterocycles. The lowest BCUT2D eigenvalue weighted by Crippen LogP contribution is -2.10. The lowest BCUT2D eigenvalue weighted by Gasteiger charge is -2.11. The van der Waals surface area contributed by atoms with Gasteiger partial charge in [-0.25, -0.2) is 9.97 Å². The smallest absolute Gasteiger partial charge is 0.269 e. The minimum atomic E-state index is -0.426. The lowest BCUT2D eigenvalue weighted by atomic mass is 10.1. The standard InChI is InChI=1S/C25H21N5O4/c1-2-11-34-23-6-4-3-5-18(23)24-27-20-13-21-22(12-19(20)25(31)28-24)29(15-26-21)14-16-7-9-17(10-8-16)30(32)33/h3-10,12-13,15H,2,11,14H2,1H3,(H,27,28,31). The van der Waals surface area contributed by atoms with E-state index in [4.69, 9.17) is 9.72 Å². The summed E-state index contributed by atoms with van der Waals surface area (Å²) in [6, 6.07) is 17.4. The van der Waals surface area contributed by atoms with E-state index in [-0.39, 0.29) is 11.2 Å². The maximum Gasteiger partial charge on any atom is 0.269 e. The number of hydrogen-bond donors (Lipinski definition) is 1. The van der Waals surface area contributed by atoms with Gasteiger partial charge in [-0.1, -0.05) is 31.2 Å². The molecular formula is C25H21N5O4. The van der Waals surface area contributed by atoms with Crippen molar-refractivity contribution in [2.75, 3.05) is 6.61 Å². The van der Waals surface area contributed by atoms with Crippen LogP contribution < -0.4 is 10.3 Å². The van der Waals surface area contributed by atoms with E-state index < -0.39 is 4.92 Å². The minimum absolute atomic E-state index is 0.0420. The molecule has 0 atom stereocenters. The molecule has 9 nitrogen and oxygen atoms in total. The highest BCUT2D eigenvalue weighted by atomic mass is 16.6. The molecule has 0 amide bonds. The summed E-state index contributed by atoms with van der Waals surface area (Å²) in [5, 5.41) is 11.3. The summed E-state index contributed by atoms with van der Waals surface area (Å²) in [6.07, 6.45) is 2.56. The van der Waals surface area contributed by atoms with Crippen LogP contribution in [0, 0.1) is 10.1 Å². The van der Waals surface area contributed by atoms with Gasteiger partial charge in [0.2, 0.25) is 0 Å². The van der Waals surface area contributed by atoms with Gasteiger partial charge in [-0.3, -0.25) is 14.9 Å². The zero-order chi connectivity index (χ0) is 23.7. The van der Waals surface area contributed by atoms with Gasteiger partial charge in [0.15, 0.2) is 0 Å². The Bertz CT molecular complexity index is 1570. The molecule has 3 aromatic carbocycles. The van der Waals surface area contributed by atoms with E-state index in [1.54, 1.807) is 30.6 Å². The summed E-state index contributed by atoms with van der Waals surface area (Å²) in [5.41, 5.74) is 3.41. The van der Waals surface area contributed by atoms with Gasteiger partial charge in [0.05, 0.1) is 45.4 Å². The molecule has 2 heterocycles. The Hall–Kier alpha value is -4.53. The van der Waals surface area contributed by atoms with Crippen molar-refractivity contribution in [1.82, 2.24) is 19.5 Å². The Kier molecular flexibility index (Phi) is 5.51. The molecule has 0 saturated carbocycles. The number of nitrogens with one attached hydrogen (secondary N) is 1. The molecule has 5 rings (SSSR count). The number of benzene rings is 3. The summed E-state index contributed by atoms with van der Waals surface area (Å²) < 4.78 is 7.73. The quantitative estimate of drug-likeness (QED) is 0.281. The van der Waals surface area contributed by atoms with Crippen LogP contribution in [0.15, 0.2) is 71.8 Å². The van der Waals surface area contributed by atoms with Crippen LogP contribution in [0.25, 0.3) is 33.3 Å². The number of H-pyrrole nitrogens is 1. The van der Waals surface area contributed by atoms with Gasteiger partial charge in [0.25, 0.3) is 11.2 Å². The number of nitrogens with zero attached hydrogens (tertiary/aromatic N) is 4. The van der Waals surface area contributed by atoms with Crippen molar-refractivity contribution >= 4 is 27.6 Å². The maximum atomic E-state index is 13.0. The van der Waals surface area contributed by atoms with Gasteiger partial charge in [-0.15, -0.1) is 0 Å². The monoisotopic (exact) mass is 455 g/mol. The Morgan fingerprint density at radius 2 is 1.88 bits per heavy atom. The second-order valence-electron chi connectivity index (χ2n) is 7.91. The fraction of sp³-hybridized carbons (Fsp3) is 0.160. The molecule has 0 radical (unpaired) electrons. The van der Waals surface area contributed by atoms with E-state index in [0.717, 1.165) is 23.1 Å². The molecule has 0 unspecified atom stereocenters. The first-order chi connectivity index (χ1) is 16.5. The van der Waals surface area contributed by atoms with E-state index in [9.17, 15) is 14.9 Å². The van der Waals surface area contributed by atoms with Crippen LogP contribution in [0.4, 0.5) is 5.69 Å². The third-order valence-electron chi connectivity index (χ3n) is 5.55. The summed E-state index contributed by atoms with van der Waals surface area (Å²) in [5.74, 6) is 1.11. The Morgan fingerprint density at radius 3 is 2.65 bits per heavy atom. The van der Waals surface area contributed by atoms with Crippen molar-refractivity contribution in [3.05, 3.63) is 93.0 Å². The Morgan fingerprint density at radius 1 is 1.09 bits per heavy atom. The number of fused-ring (bicyclic) bond motifs is 2. The van der Waals surface area contributed by atoms with E-state index in [0.29, 0.717) is 41.1 Å². The highest BCUT2D eigenvalue weighted by Gasteiger charge is 2.14. The molecule has 0 aliphatic rings. The highest BCUT2D eigenvalue weighted by molar-refractivity contribution is 5.93. The van der Waals surface area contributed by atoms with Crippen LogP contribution in [-0.2, 0) is 6.54 Å². The van der Waals surface area contributed by atoms with Gasteiger partial charge in [0.1, 0.15) is 11.6 Å². The summed E-state index contributed by atoms with van der Waals surface area (Å²) in [4.78, 5) is 35.5. The number of non-ortho nitro benzene ring substituents is 1. The van der Waals surface area contributed by atoms with Crippen LogP contribution >= 0.6 is 0 Å². The van der Waals surface area contributed by atoms with Gasteiger partial charge in [0, 0.05) is 18.7 Å².